The highest BCUT2D eigenvalue weighted by molar-refractivity contribution is 7.11. The third-order valence-electron chi connectivity index (χ3n) is 3.17. The second-order valence-corrected chi connectivity index (χ2v) is 5.87. The predicted molar refractivity (Wildman–Crippen MR) is 70.1 cm³/mol. The van der Waals surface area contributed by atoms with Crippen molar-refractivity contribution in [3.05, 3.63) is 21.9 Å². The number of thiophene rings is 1. The Balaban J connectivity index is 1.73. The maximum Gasteiger partial charge on any atom is 0.314 e. The molecule has 5 heteroatoms. The summed E-state index contributed by atoms with van der Waals surface area (Å²) in [4.78, 5) is 15.4. The molecule has 1 aromatic heterocycles. The number of carbonyl (C=O) groups is 1. The molecule has 0 bridgehead atoms. The Morgan fingerprint density at radius 3 is 2.76 bits per heavy atom. The summed E-state index contributed by atoms with van der Waals surface area (Å²) in [5, 5.41) is 3.54. The molecule has 0 aliphatic carbocycles. The van der Waals surface area contributed by atoms with Crippen molar-refractivity contribution in [1.82, 2.24) is 10.2 Å². The molecule has 3 N–H and O–H groups in total. The van der Waals surface area contributed by atoms with Crippen molar-refractivity contribution >= 4 is 17.4 Å². The minimum absolute atomic E-state index is 0.294. The molecule has 1 saturated heterocycles. The van der Waals surface area contributed by atoms with Gasteiger partial charge in [0.25, 0.3) is 0 Å². The SMILES string of the molecule is Cc1ccc(CNC2CCN(C(N)=O)CC2)s1. The lowest BCUT2D eigenvalue weighted by Crippen LogP contribution is -2.46. The molecule has 2 heterocycles. The summed E-state index contributed by atoms with van der Waals surface area (Å²) in [5.74, 6) is 0. The zero-order chi connectivity index (χ0) is 12.3. The van der Waals surface area contributed by atoms with Gasteiger partial charge in [-0.05, 0) is 31.9 Å². The number of hydrogen-bond acceptors (Lipinski definition) is 3. The smallest absolute Gasteiger partial charge is 0.314 e. The lowest BCUT2D eigenvalue weighted by atomic mass is 10.1. The van der Waals surface area contributed by atoms with Crippen molar-refractivity contribution in [2.45, 2.75) is 32.4 Å². The van der Waals surface area contributed by atoms with Crippen LogP contribution < -0.4 is 11.1 Å². The molecule has 1 fully saturated rings. The Bertz CT molecular complexity index is 383. The van der Waals surface area contributed by atoms with Crippen LogP contribution in [0.15, 0.2) is 12.1 Å². The highest BCUT2D eigenvalue weighted by Crippen LogP contribution is 2.16. The average molecular weight is 253 g/mol. The van der Waals surface area contributed by atoms with Gasteiger partial charge in [0.15, 0.2) is 0 Å². The molecular weight excluding hydrogens is 234 g/mol. The molecule has 0 aromatic carbocycles. The van der Waals surface area contributed by atoms with Crippen molar-refractivity contribution in [2.75, 3.05) is 13.1 Å². The molecule has 1 aliphatic rings. The van der Waals surface area contributed by atoms with E-state index < -0.39 is 0 Å². The van der Waals surface area contributed by atoms with E-state index in [9.17, 15) is 4.79 Å². The van der Waals surface area contributed by atoms with Crippen LogP contribution in [0.5, 0.6) is 0 Å². The Morgan fingerprint density at radius 1 is 1.53 bits per heavy atom. The van der Waals surface area contributed by atoms with Gasteiger partial charge in [-0.1, -0.05) is 0 Å². The second-order valence-electron chi connectivity index (χ2n) is 4.49. The van der Waals surface area contributed by atoms with Crippen LogP contribution in [-0.2, 0) is 6.54 Å². The summed E-state index contributed by atoms with van der Waals surface area (Å²) in [6.45, 7) is 4.60. The van der Waals surface area contributed by atoms with Crippen LogP contribution in [0.25, 0.3) is 0 Å². The molecule has 0 radical (unpaired) electrons. The van der Waals surface area contributed by atoms with Gasteiger partial charge in [-0.25, -0.2) is 4.79 Å². The monoisotopic (exact) mass is 253 g/mol. The number of nitrogens with two attached hydrogens (primary N) is 1. The molecule has 17 heavy (non-hydrogen) atoms. The van der Waals surface area contributed by atoms with E-state index in [1.807, 2.05) is 11.3 Å². The van der Waals surface area contributed by atoms with Gasteiger partial charge in [-0.2, -0.15) is 0 Å². The van der Waals surface area contributed by atoms with Crippen molar-refractivity contribution in [3.8, 4) is 0 Å². The first kappa shape index (κ1) is 12.4. The summed E-state index contributed by atoms with van der Waals surface area (Å²) >= 11 is 1.83. The fourth-order valence-electron chi connectivity index (χ4n) is 2.13. The predicted octanol–water partition coefficient (Wildman–Crippen LogP) is 1.69. The molecule has 1 aliphatic heterocycles. The largest absolute Gasteiger partial charge is 0.351 e. The van der Waals surface area contributed by atoms with Crippen molar-refractivity contribution in [1.29, 1.82) is 0 Å². The van der Waals surface area contributed by atoms with E-state index in [2.05, 4.69) is 24.4 Å². The summed E-state index contributed by atoms with van der Waals surface area (Å²) < 4.78 is 0. The molecule has 0 unspecified atom stereocenters. The third kappa shape index (κ3) is 3.44. The Labute approximate surface area is 106 Å². The average Bonchev–Trinajstić information content (AvgIpc) is 2.73. The molecular formula is C12H19N3OS. The number of aryl methyl sites for hydroxylation is 1. The molecule has 1 aromatic rings. The third-order valence-corrected chi connectivity index (χ3v) is 4.17. The van der Waals surface area contributed by atoms with E-state index in [0.29, 0.717) is 6.04 Å². The van der Waals surface area contributed by atoms with E-state index in [0.717, 1.165) is 32.5 Å². The van der Waals surface area contributed by atoms with E-state index >= 15 is 0 Å². The lowest BCUT2D eigenvalue weighted by Gasteiger charge is -2.31. The number of nitrogens with one attached hydrogen (secondary N) is 1. The van der Waals surface area contributed by atoms with Gasteiger partial charge < -0.3 is 16.0 Å². The maximum absolute atomic E-state index is 11.0. The molecule has 4 nitrogen and oxygen atoms in total. The molecule has 0 spiro atoms. The number of piperidine rings is 1. The maximum atomic E-state index is 11.0. The van der Waals surface area contributed by atoms with E-state index in [-0.39, 0.29) is 6.03 Å². The van der Waals surface area contributed by atoms with Crippen LogP contribution in [-0.4, -0.2) is 30.1 Å². The Kier molecular flexibility index (Phi) is 4.02. The summed E-state index contributed by atoms with van der Waals surface area (Å²) in [5.41, 5.74) is 5.25. The number of amides is 2. The lowest BCUT2D eigenvalue weighted by molar-refractivity contribution is 0.185. The number of hydrogen-bond donors (Lipinski definition) is 2. The zero-order valence-electron chi connectivity index (χ0n) is 10.1. The Morgan fingerprint density at radius 2 is 2.24 bits per heavy atom. The number of primary amides is 1. The van der Waals surface area contributed by atoms with Crippen LogP contribution in [0.1, 0.15) is 22.6 Å². The topological polar surface area (TPSA) is 58.4 Å². The van der Waals surface area contributed by atoms with Gasteiger partial charge in [-0.15, -0.1) is 11.3 Å². The standard InChI is InChI=1S/C12H19N3OS/c1-9-2-3-11(17-9)8-14-10-4-6-15(7-5-10)12(13)16/h2-3,10,14H,4-8H2,1H3,(H2,13,16). The van der Waals surface area contributed by atoms with Gasteiger partial charge in [0.05, 0.1) is 0 Å². The second kappa shape index (κ2) is 5.51. The normalized spacial score (nSPS) is 17.4. The molecule has 0 atom stereocenters. The van der Waals surface area contributed by atoms with Gasteiger partial charge in [0.2, 0.25) is 0 Å². The van der Waals surface area contributed by atoms with E-state index in [1.165, 1.54) is 9.75 Å². The van der Waals surface area contributed by atoms with Crippen molar-refractivity contribution < 1.29 is 4.79 Å². The van der Waals surface area contributed by atoms with Crippen molar-refractivity contribution in [3.63, 3.8) is 0 Å². The summed E-state index contributed by atoms with van der Waals surface area (Å²) in [6, 6.07) is 4.54. The van der Waals surface area contributed by atoms with Crippen LogP contribution in [0.4, 0.5) is 4.79 Å². The fourth-order valence-corrected chi connectivity index (χ4v) is 2.97. The Hall–Kier alpha value is -1.07. The van der Waals surface area contributed by atoms with Crippen LogP contribution >= 0.6 is 11.3 Å². The quantitative estimate of drug-likeness (QED) is 0.861. The van der Waals surface area contributed by atoms with Crippen molar-refractivity contribution in [2.24, 2.45) is 5.73 Å². The van der Waals surface area contributed by atoms with E-state index in [4.69, 9.17) is 5.73 Å². The zero-order valence-corrected chi connectivity index (χ0v) is 10.9. The molecule has 94 valence electrons. The number of urea groups is 1. The van der Waals surface area contributed by atoms with Gasteiger partial charge in [-0.3, -0.25) is 0 Å². The first-order valence-electron chi connectivity index (χ1n) is 5.98. The number of likely N-dealkylation sites (tertiary alicyclic amines) is 1. The summed E-state index contributed by atoms with van der Waals surface area (Å²) in [7, 11) is 0. The van der Waals surface area contributed by atoms with Crippen LogP contribution in [0.3, 0.4) is 0 Å². The number of carbonyl (C=O) groups excluding carboxylic acids is 1. The highest BCUT2D eigenvalue weighted by atomic mass is 32.1. The molecule has 0 saturated carbocycles. The highest BCUT2D eigenvalue weighted by Gasteiger charge is 2.20. The minimum atomic E-state index is -0.294. The molecule has 2 amide bonds. The number of nitrogens with zero attached hydrogens (tertiary/aromatic N) is 1. The van der Waals surface area contributed by atoms with Gasteiger partial charge in [0, 0.05) is 35.4 Å². The van der Waals surface area contributed by atoms with Gasteiger partial charge in [0.1, 0.15) is 0 Å². The summed E-state index contributed by atoms with van der Waals surface area (Å²) in [6.07, 6.45) is 1.99. The minimum Gasteiger partial charge on any atom is -0.351 e. The van der Waals surface area contributed by atoms with Gasteiger partial charge >= 0.3 is 6.03 Å². The first-order valence-corrected chi connectivity index (χ1v) is 6.80. The van der Waals surface area contributed by atoms with E-state index in [1.54, 1.807) is 4.90 Å². The molecule has 2 rings (SSSR count). The number of rotatable bonds is 3. The fraction of sp³-hybridized carbons (Fsp3) is 0.583. The first-order chi connectivity index (χ1) is 8.15. The van der Waals surface area contributed by atoms with Crippen LogP contribution in [0.2, 0.25) is 0 Å². The van der Waals surface area contributed by atoms with Crippen LogP contribution in [0, 0.1) is 6.92 Å².